The van der Waals surface area contributed by atoms with Gasteiger partial charge in [-0.15, -0.1) is 11.6 Å². The van der Waals surface area contributed by atoms with Crippen molar-refractivity contribution in [3.05, 3.63) is 29.6 Å². The number of hydrogen-bond donors (Lipinski definition) is 3. The van der Waals surface area contributed by atoms with E-state index in [1.54, 1.807) is 0 Å². The number of aliphatic hydroxyl groups excluding tert-OH is 2. The highest BCUT2D eigenvalue weighted by atomic mass is 35.5. The molecule has 1 rings (SSSR count). The second kappa shape index (κ2) is 5.30. The quantitative estimate of drug-likeness (QED) is 0.693. The third-order valence-electron chi connectivity index (χ3n) is 2.07. The van der Waals surface area contributed by atoms with Crippen LogP contribution in [0.25, 0.3) is 0 Å². The van der Waals surface area contributed by atoms with Gasteiger partial charge in [0.05, 0.1) is 6.10 Å². The van der Waals surface area contributed by atoms with Crippen molar-refractivity contribution in [3.8, 4) is 5.75 Å². The van der Waals surface area contributed by atoms with Gasteiger partial charge in [0.2, 0.25) is 0 Å². The van der Waals surface area contributed by atoms with Gasteiger partial charge in [0.15, 0.2) is 0 Å². The van der Waals surface area contributed by atoms with Crippen LogP contribution >= 0.6 is 11.6 Å². The predicted octanol–water partition coefficient (Wildman–Crippen LogP) is 1.55. The first-order chi connectivity index (χ1) is 7.06. The first-order valence-corrected chi connectivity index (χ1v) is 5.00. The van der Waals surface area contributed by atoms with Gasteiger partial charge >= 0.3 is 0 Å². The summed E-state index contributed by atoms with van der Waals surface area (Å²) in [5, 5.41) is 28.1. The molecule has 3 nitrogen and oxygen atoms in total. The first kappa shape index (κ1) is 12.2. The van der Waals surface area contributed by atoms with E-state index in [9.17, 15) is 14.6 Å². The second-order valence-corrected chi connectivity index (χ2v) is 3.57. The molecule has 1 aromatic carbocycles. The molecule has 0 amide bonds. The molecule has 0 saturated heterocycles. The van der Waals surface area contributed by atoms with Crippen molar-refractivity contribution < 1.29 is 19.7 Å². The van der Waals surface area contributed by atoms with Gasteiger partial charge < -0.3 is 15.3 Å². The van der Waals surface area contributed by atoms with Gasteiger partial charge in [0, 0.05) is 11.4 Å². The van der Waals surface area contributed by atoms with Gasteiger partial charge in [-0.2, -0.15) is 0 Å². The molecule has 1 aromatic rings. The van der Waals surface area contributed by atoms with Crippen LogP contribution in [0.5, 0.6) is 5.75 Å². The summed E-state index contributed by atoms with van der Waals surface area (Å²) >= 11 is 5.38. The fraction of sp³-hybridized carbons (Fsp3) is 0.400. The van der Waals surface area contributed by atoms with Crippen molar-refractivity contribution >= 4 is 11.6 Å². The highest BCUT2D eigenvalue weighted by Crippen LogP contribution is 2.25. The number of phenolic OH excluding ortho intramolecular Hbond substituents is 1. The minimum atomic E-state index is -1.38. The molecule has 3 N–H and O–H groups in total. The molecule has 15 heavy (non-hydrogen) atoms. The number of phenols is 1. The Morgan fingerprint density at radius 2 is 2.00 bits per heavy atom. The van der Waals surface area contributed by atoms with E-state index in [0.29, 0.717) is 0 Å². The molecule has 0 fully saturated rings. The summed E-state index contributed by atoms with van der Waals surface area (Å²) in [6.45, 7) is 0. The van der Waals surface area contributed by atoms with Crippen LogP contribution in [0.4, 0.5) is 4.39 Å². The molecule has 0 aliphatic rings. The standard InChI is InChI=1S/C10H12ClFO3/c11-4-3-9(14)10(15)7-5-6(13)1-2-8(7)12/h1-2,5,9-10,13-15H,3-4H2. The van der Waals surface area contributed by atoms with Gasteiger partial charge in [-0.3, -0.25) is 0 Å². The van der Waals surface area contributed by atoms with E-state index < -0.39 is 18.0 Å². The number of aromatic hydroxyl groups is 1. The molecule has 84 valence electrons. The zero-order valence-electron chi connectivity index (χ0n) is 7.90. The lowest BCUT2D eigenvalue weighted by molar-refractivity contribution is 0.0148. The van der Waals surface area contributed by atoms with Crippen LogP contribution in [-0.2, 0) is 0 Å². The third-order valence-corrected chi connectivity index (χ3v) is 2.29. The molecule has 5 heteroatoms. The highest BCUT2D eigenvalue weighted by molar-refractivity contribution is 6.17. The zero-order valence-corrected chi connectivity index (χ0v) is 8.65. The van der Waals surface area contributed by atoms with Crippen molar-refractivity contribution in [1.29, 1.82) is 0 Å². The fourth-order valence-electron chi connectivity index (χ4n) is 1.23. The summed E-state index contributed by atoms with van der Waals surface area (Å²) < 4.78 is 13.2. The van der Waals surface area contributed by atoms with E-state index in [1.165, 1.54) is 6.07 Å². The topological polar surface area (TPSA) is 60.7 Å². The third kappa shape index (κ3) is 3.06. The Labute approximate surface area is 91.7 Å². The van der Waals surface area contributed by atoms with E-state index in [0.717, 1.165) is 12.1 Å². The highest BCUT2D eigenvalue weighted by Gasteiger charge is 2.21. The van der Waals surface area contributed by atoms with Crippen molar-refractivity contribution in [2.75, 3.05) is 5.88 Å². The fourth-order valence-corrected chi connectivity index (χ4v) is 1.46. The monoisotopic (exact) mass is 234 g/mol. The minimum Gasteiger partial charge on any atom is -0.508 e. The Kier molecular flexibility index (Phi) is 4.32. The van der Waals surface area contributed by atoms with E-state index in [1.807, 2.05) is 0 Å². The van der Waals surface area contributed by atoms with Gasteiger partial charge in [-0.1, -0.05) is 0 Å². The van der Waals surface area contributed by atoms with Gasteiger partial charge in [-0.25, -0.2) is 4.39 Å². The summed E-state index contributed by atoms with van der Waals surface area (Å²) in [6.07, 6.45) is -2.37. The van der Waals surface area contributed by atoms with E-state index >= 15 is 0 Å². The molecule has 0 bridgehead atoms. The average Bonchev–Trinajstić information content (AvgIpc) is 2.21. The Morgan fingerprint density at radius 3 is 2.60 bits per heavy atom. The van der Waals surface area contributed by atoms with Crippen LogP contribution < -0.4 is 0 Å². The van der Waals surface area contributed by atoms with Crippen molar-refractivity contribution in [2.24, 2.45) is 0 Å². The van der Waals surface area contributed by atoms with E-state index in [4.69, 9.17) is 16.7 Å². The number of halogens is 2. The van der Waals surface area contributed by atoms with Gasteiger partial charge in [0.1, 0.15) is 17.7 Å². The minimum absolute atomic E-state index is 0.132. The average molecular weight is 235 g/mol. The molecule has 2 atom stereocenters. The SMILES string of the molecule is Oc1ccc(F)c(C(O)C(O)CCCl)c1. The molecule has 0 heterocycles. The van der Waals surface area contributed by atoms with Crippen LogP contribution in [0.1, 0.15) is 18.1 Å². The molecule has 0 radical (unpaired) electrons. The summed E-state index contributed by atoms with van der Waals surface area (Å²) in [5.74, 6) is -0.670. The molecule has 0 aliphatic carbocycles. The largest absolute Gasteiger partial charge is 0.508 e. The second-order valence-electron chi connectivity index (χ2n) is 3.20. The van der Waals surface area contributed by atoms with Crippen molar-refractivity contribution in [1.82, 2.24) is 0 Å². The Bertz CT molecular complexity index is 332. The number of hydrogen-bond acceptors (Lipinski definition) is 3. The zero-order chi connectivity index (χ0) is 11.4. The smallest absolute Gasteiger partial charge is 0.129 e. The van der Waals surface area contributed by atoms with Gasteiger partial charge in [0.25, 0.3) is 0 Å². The maximum absolute atomic E-state index is 13.2. The van der Waals surface area contributed by atoms with Crippen LogP contribution in [0, 0.1) is 5.82 Å². The molecule has 2 unspecified atom stereocenters. The van der Waals surface area contributed by atoms with Crippen LogP contribution in [0.15, 0.2) is 18.2 Å². The number of rotatable bonds is 4. The predicted molar refractivity (Wildman–Crippen MR) is 54.4 cm³/mol. The molecular weight excluding hydrogens is 223 g/mol. The Morgan fingerprint density at radius 1 is 1.33 bits per heavy atom. The Hall–Kier alpha value is -0.840. The lowest BCUT2D eigenvalue weighted by Crippen LogP contribution is -2.19. The Balaban J connectivity index is 2.89. The number of benzene rings is 1. The van der Waals surface area contributed by atoms with Gasteiger partial charge in [-0.05, 0) is 24.6 Å². The maximum Gasteiger partial charge on any atom is 0.129 e. The lowest BCUT2D eigenvalue weighted by Gasteiger charge is -2.17. The van der Waals surface area contributed by atoms with Crippen molar-refractivity contribution in [2.45, 2.75) is 18.6 Å². The van der Waals surface area contributed by atoms with E-state index in [2.05, 4.69) is 0 Å². The first-order valence-electron chi connectivity index (χ1n) is 4.46. The molecule has 0 aliphatic heterocycles. The summed E-state index contributed by atoms with van der Waals surface area (Å²) in [5.41, 5.74) is -0.132. The lowest BCUT2D eigenvalue weighted by atomic mass is 10.0. The molecular formula is C10H12ClFO3. The summed E-state index contributed by atoms with van der Waals surface area (Å²) in [4.78, 5) is 0. The van der Waals surface area contributed by atoms with Crippen LogP contribution in [0.3, 0.4) is 0 Å². The molecule has 0 saturated carbocycles. The summed E-state index contributed by atoms with van der Waals surface area (Å²) in [7, 11) is 0. The van der Waals surface area contributed by atoms with Crippen LogP contribution in [0.2, 0.25) is 0 Å². The number of aliphatic hydroxyl groups is 2. The molecule has 0 aromatic heterocycles. The molecule has 0 spiro atoms. The van der Waals surface area contributed by atoms with Crippen molar-refractivity contribution in [3.63, 3.8) is 0 Å². The van der Waals surface area contributed by atoms with Crippen LogP contribution in [-0.4, -0.2) is 27.3 Å². The summed E-state index contributed by atoms with van der Waals surface area (Å²) in [6, 6.07) is 3.28. The van der Waals surface area contributed by atoms with E-state index in [-0.39, 0.29) is 23.6 Å². The maximum atomic E-state index is 13.2. The normalized spacial score (nSPS) is 14.9. The number of alkyl halides is 1.